The van der Waals surface area contributed by atoms with Gasteiger partial charge in [-0.2, -0.15) is 0 Å². The zero-order valence-corrected chi connectivity index (χ0v) is 8.34. The maximum atomic E-state index is 9.52. The van der Waals surface area contributed by atoms with E-state index in [-0.39, 0.29) is 6.10 Å². The Bertz CT molecular complexity index is 187. The Morgan fingerprint density at radius 1 is 1.00 bits per heavy atom. The van der Waals surface area contributed by atoms with E-state index in [1.807, 2.05) is 6.08 Å². The van der Waals surface area contributed by atoms with Crippen molar-refractivity contribution in [1.29, 1.82) is 0 Å². The second kappa shape index (κ2) is 3.83. The molecular formula is C12H20O. The maximum Gasteiger partial charge on any atom is 0.0729 e. The predicted molar refractivity (Wildman–Crippen MR) is 54.5 cm³/mol. The van der Waals surface area contributed by atoms with Crippen LogP contribution in [0.3, 0.4) is 0 Å². The summed E-state index contributed by atoms with van der Waals surface area (Å²) >= 11 is 0. The molecule has 0 aromatic carbocycles. The molecule has 1 N–H and O–H groups in total. The van der Waals surface area contributed by atoms with Crippen LogP contribution in [-0.2, 0) is 0 Å². The molecular weight excluding hydrogens is 160 g/mol. The Hall–Kier alpha value is -0.300. The Labute approximate surface area is 80.8 Å². The molecule has 2 aliphatic rings. The molecule has 2 aliphatic carbocycles. The fraction of sp³-hybridized carbons (Fsp3) is 0.833. The summed E-state index contributed by atoms with van der Waals surface area (Å²) in [6.45, 7) is 0. The Balaban J connectivity index is 1.99. The van der Waals surface area contributed by atoms with Gasteiger partial charge in [-0.3, -0.25) is 0 Å². The lowest BCUT2D eigenvalue weighted by molar-refractivity contribution is 0.159. The SMILES string of the molecule is OC1C=CC2(CCCCCCC2)C1. The quantitative estimate of drug-likeness (QED) is 0.568. The van der Waals surface area contributed by atoms with E-state index in [2.05, 4.69) is 6.08 Å². The van der Waals surface area contributed by atoms with Crippen molar-refractivity contribution in [1.82, 2.24) is 0 Å². The van der Waals surface area contributed by atoms with E-state index in [1.54, 1.807) is 0 Å². The molecule has 1 heteroatoms. The smallest absolute Gasteiger partial charge is 0.0729 e. The van der Waals surface area contributed by atoms with Crippen LogP contribution >= 0.6 is 0 Å². The molecule has 0 aromatic heterocycles. The van der Waals surface area contributed by atoms with Gasteiger partial charge in [0.1, 0.15) is 0 Å². The Morgan fingerprint density at radius 2 is 1.62 bits per heavy atom. The van der Waals surface area contributed by atoms with Crippen LogP contribution in [0.5, 0.6) is 0 Å². The molecule has 0 heterocycles. The van der Waals surface area contributed by atoms with E-state index in [4.69, 9.17) is 0 Å². The van der Waals surface area contributed by atoms with Gasteiger partial charge in [-0.1, -0.05) is 44.3 Å². The van der Waals surface area contributed by atoms with Crippen molar-refractivity contribution in [2.75, 3.05) is 0 Å². The van der Waals surface area contributed by atoms with Crippen molar-refractivity contribution < 1.29 is 5.11 Å². The van der Waals surface area contributed by atoms with Gasteiger partial charge in [-0.15, -0.1) is 0 Å². The van der Waals surface area contributed by atoms with Crippen molar-refractivity contribution in [3.63, 3.8) is 0 Å². The van der Waals surface area contributed by atoms with E-state index in [9.17, 15) is 5.11 Å². The van der Waals surface area contributed by atoms with Crippen molar-refractivity contribution in [3.05, 3.63) is 12.2 Å². The zero-order valence-electron chi connectivity index (χ0n) is 8.34. The molecule has 1 nitrogen and oxygen atoms in total. The largest absolute Gasteiger partial charge is 0.389 e. The summed E-state index contributed by atoms with van der Waals surface area (Å²) in [5, 5.41) is 9.52. The van der Waals surface area contributed by atoms with Crippen molar-refractivity contribution >= 4 is 0 Å². The minimum Gasteiger partial charge on any atom is -0.389 e. The molecule has 0 aliphatic heterocycles. The number of aliphatic hydroxyl groups excluding tert-OH is 1. The molecule has 0 amide bonds. The van der Waals surface area contributed by atoms with Gasteiger partial charge in [0.2, 0.25) is 0 Å². The molecule has 1 atom stereocenters. The highest BCUT2D eigenvalue weighted by molar-refractivity contribution is 5.11. The predicted octanol–water partition coefficient (Wildman–Crippen LogP) is 3.04. The first-order valence-corrected chi connectivity index (χ1v) is 5.68. The third kappa shape index (κ3) is 2.14. The molecule has 0 saturated heterocycles. The van der Waals surface area contributed by atoms with Gasteiger partial charge >= 0.3 is 0 Å². The number of aliphatic hydroxyl groups is 1. The minimum absolute atomic E-state index is 0.153. The van der Waals surface area contributed by atoms with Crippen LogP contribution < -0.4 is 0 Å². The van der Waals surface area contributed by atoms with Crippen LogP contribution in [-0.4, -0.2) is 11.2 Å². The first-order chi connectivity index (χ1) is 6.31. The summed E-state index contributed by atoms with van der Waals surface area (Å²) in [4.78, 5) is 0. The second-order valence-corrected chi connectivity index (χ2v) is 4.76. The van der Waals surface area contributed by atoms with Gasteiger partial charge in [0.25, 0.3) is 0 Å². The average Bonchev–Trinajstić information content (AvgIpc) is 2.42. The lowest BCUT2D eigenvalue weighted by Crippen LogP contribution is -2.19. The summed E-state index contributed by atoms with van der Waals surface area (Å²) in [5.41, 5.74) is 0.389. The van der Waals surface area contributed by atoms with Crippen molar-refractivity contribution in [3.8, 4) is 0 Å². The monoisotopic (exact) mass is 180 g/mol. The minimum atomic E-state index is -0.153. The van der Waals surface area contributed by atoms with Gasteiger partial charge in [0.05, 0.1) is 6.10 Å². The van der Waals surface area contributed by atoms with Crippen LogP contribution in [0.25, 0.3) is 0 Å². The molecule has 13 heavy (non-hydrogen) atoms. The van der Waals surface area contributed by atoms with Crippen LogP contribution in [0.15, 0.2) is 12.2 Å². The fourth-order valence-electron chi connectivity index (χ4n) is 2.85. The number of allylic oxidation sites excluding steroid dienone is 1. The van der Waals surface area contributed by atoms with Gasteiger partial charge < -0.3 is 5.11 Å². The molecule has 1 saturated carbocycles. The fourth-order valence-corrected chi connectivity index (χ4v) is 2.85. The molecule has 74 valence electrons. The molecule has 0 aromatic rings. The van der Waals surface area contributed by atoms with Gasteiger partial charge in [-0.05, 0) is 24.7 Å². The van der Waals surface area contributed by atoms with Crippen LogP contribution in [0.1, 0.15) is 51.4 Å². The Kier molecular flexibility index (Phi) is 2.73. The van der Waals surface area contributed by atoms with Gasteiger partial charge in [0, 0.05) is 0 Å². The van der Waals surface area contributed by atoms with E-state index >= 15 is 0 Å². The number of rotatable bonds is 0. The summed E-state index contributed by atoms with van der Waals surface area (Å²) in [7, 11) is 0. The average molecular weight is 180 g/mol. The molecule has 1 spiro atoms. The highest BCUT2D eigenvalue weighted by atomic mass is 16.3. The van der Waals surface area contributed by atoms with E-state index in [0.717, 1.165) is 6.42 Å². The molecule has 0 radical (unpaired) electrons. The second-order valence-electron chi connectivity index (χ2n) is 4.76. The van der Waals surface area contributed by atoms with E-state index in [0.29, 0.717) is 5.41 Å². The van der Waals surface area contributed by atoms with E-state index < -0.39 is 0 Å². The molecule has 0 bridgehead atoms. The van der Waals surface area contributed by atoms with Crippen molar-refractivity contribution in [2.24, 2.45) is 5.41 Å². The number of hydrogen-bond acceptors (Lipinski definition) is 1. The van der Waals surface area contributed by atoms with Gasteiger partial charge in [-0.25, -0.2) is 0 Å². The third-order valence-corrected chi connectivity index (χ3v) is 3.64. The molecule has 1 fully saturated rings. The summed E-state index contributed by atoms with van der Waals surface area (Å²) in [5.74, 6) is 0. The van der Waals surface area contributed by atoms with Crippen LogP contribution in [0.4, 0.5) is 0 Å². The molecule has 1 unspecified atom stereocenters. The lowest BCUT2D eigenvalue weighted by Gasteiger charge is -2.29. The lowest BCUT2D eigenvalue weighted by atomic mass is 9.76. The van der Waals surface area contributed by atoms with Crippen LogP contribution in [0.2, 0.25) is 0 Å². The highest BCUT2D eigenvalue weighted by Crippen LogP contribution is 2.43. The van der Waals surface area contributed by atoms with Crippen LogP contribution in [0, 0.1) is 5.41 Å². The maximum absolute atomic E-state index is 9.52. The summed E-state index contributed by atoms with van der Waals surface area (Å²) < 4.78 is 0. The van der Waals surface area contributed by atoms with E-state index in [1.165, 1.54) is 44.9 Å². The topological polar surface area (TPSA) is 20.2 Å². The van der Waals surface area contributed by atoms with Gasteiger partial charge in [0.15, 0.2) is 0 Å². The normalized spacial score (nSPS) is 33.2. The third-order valence-electron chi connectivity index (χ3n) is 3.64. The first-order valence-electron chi connectivity index (χ1n) is 5.68. The molecule has 2 rings (SSSR count). The Morgan fingerprint density at radius 3 is 2.15 bits per heavy atom. The number of hydrogen-bond donors (Lipinski definition) is 1. The highest BCUT2D eigenvalue weighted by Gasteiger charge is 2.33. The van der Waals surface area contributed by atoms with Crippen molar-refractivity contribution in [2.45, 2.75) is 57.5 Å². The summed E-state index contributed by atoms with van der Waals surface area (Å²) in [6.07, 6.45) is 14.7. The first kappa shape index (κ1) is 9.26. The zero-order chi connectivity index (χ0) is 9.15. The standard InChI is InChI=1S/C12H20O/c13-11-6-9-12(10-11)7-4-2-1-3-5-8-12/h6,9,11,13H,1-5,7-8,10H2. The summed E-state index contributed by atoms with van der Waals surface area (Å²) in [6, 6.07) is 0.